The van der Waals surface area contributed by atoms with Crippen molar-refractivity contribution in [1.29, 1.82) is 0 Å². The van der Waals surface area contributed by atoms with Crippen LogP contribution >= 0.6 is 0 Å². The molecule has 0 atom stereocenters. The van der Waals surface area contributed by atoms with E-state index in [0.717, 1.165) is 76.3 Å². The molecule has 0 radical (unpaired) electrons. The minimum atomic E-state index is -0.190. The summed E-state index contributed by atoms with van der Waals surface area (Å²) in [6.07, 6.45) is 4.31. The third kappa shape index (κ3) is 7.21. The van der Waals surface area contributed by atoms with Crippen molar-refractivity contribution in [1.82, 2.24) is 9.80 Å². The summed E-state index contributed by atoms with van der Waals surface area (Å²) in [5, 5.41) is 3.07. The highest BCUT2D eigenvalue weighted by atomic mass is 16.6. The molecule has 2 aliphatic heterocycles. The number of anilines is 2. The molecule has 2 saturated heterocycles. The van der Waals surface area contributed by atoms with Crippen LogP contribution in [0, 0.1) is 0 Å². The molecular weight excluding hydrogens is 440 g/mol. The lowest BCUT2D eigenvalue weighted by atomic mass is 10.0. The maximum Gasteiger partial charge on any atom is 0.409 e. The van der Waals surface area contributed by atoms with Gasteiger partial charge in [-0.3, -0.25) is 9.69 Å². The molecule has 0 saturated carbocycles. The van der Waals surface area contributed by atoms with Gasteiger partial charge in [-0.25, -0.2) is 4.79 Å². The average molecular weight is 479 g/mol. The van der Waals surface area contributed by atoms with Gasteiger partial charge in [-0.2, -0.15) is 0 Å². The summed E-state index contributed by atoms with van der Waals surface area (Å²) in [6, 6.07) is 19.1. The zero-order chi connectivity index (χ0) is 24.5. The van der Waals surface area contributed by atoms with Gasteiger partial charge in [0.25, 0.3) is 0 Å². The Hall–Kier alpha value is -3.06. The van der Waals surface area contributed by atoms with Crippen LogP contribution in [0.1, 0.15) is 38.2 Å². The molecule has 0 spiro atoms. The zero-order valence-electron chi connectivity index (χ0n) is 20.8. The van der Waals surface area contributed by atoms with Crippen LogP contribution in [-0.4, -0.2) is 73.7 Å². The van der Waals surface area contributed by atoms with Gasteiger partial charge in [-0.05, 0) is 56.4 Å². The van der Waals surface area contributed by atoms with Crippen LogP contribution in [0.4, 0.5) is 16.2 Å². The molecule has 0 bridgehead atoms. The molecule has 0 aliphatic carbocycles. The molecule has 188 valence electrons. The Balaban J connectivity index is 1.20. The maximum absolute atomic E-state index is 12.4. The largest absolute Gasteiger partial charge is 0.450 e. The van der Waals surface area contributed by atoms with Gasteiger partial charge in [0, 0.05) is 63.1 Å². The number of carbonyl (C=O) groups excluding carboxylic acids is 2. The average Bonchev–Trinajstić information content (AvgIpc) is 2.90. The van der Waals surface area contributed by atoms with Gasteiger partial charge in [0.05, 0.1) is 6.61 Å². The number of hydrogen-bond acceptors (Lipinski definition) is 5. The molecule has 2 aromatic rings. The van der Waals surface area contributed by atoms with Gasteiger partial charge in [0.1, 0.15) is 0 Å². The Bertz CT molecular complexity index is 952. The number of nitrogens with one attached hydrogen (secondary N) is 1. The van der Waals surface area contributed by atoms with E-state index in [4.69, 9.17) is 4.74 Å². The van der Waals surface area contributed by atoms with E-state index in [1.807, 2.05) is 42.2 Å². The third-order valence-electron chi connectivity index (χ3n) is 7.03. The molecule has 7 heteroatoms. The second-order valence-electron chi connectivity index (χ2n) is 9.38. The predicted molar refractivity (Wildman–Crippen MR) is 140 cm³/mol. The van der Waals surface area contributed by atoms with Crippen LogP contribution < -0.4 is 10.2 Å². The molecule has 2 heterocycles. The highest BCUT2D eigenvalue weighted by molar-refractivity contribution is 5.91. The van der Waals surface area contributed by atoms with Crippen molar-refractivity contribution < 1.29 is 14.3 Å². The first kappa shape index (κ1) is 25.0. The van der Waals surface area contributed by atoms with Crippen LogP contribution in [0.5, 0.6) is 0 Å². The standard InChI is InChI=1S/C28H38N4O3/c1-2-35-28(34)32-20-18-31(19-21-32)25-14-16-30(17-15-25)26-12-7-11-24(22-26)29-27(33)13-6-10-23-8-4-3-5-9-23/h3-5,7-9,11-12,22,25H,2,6,10,13-21H2,1H3,(H,29,33). The number of benzene rings is 2. The number of carbonyl (C=O) groups is 2. The SMILES string of the molecule is CCOC(=O)N1CCN(C2CCN(c3cccc(NC(=O)CCCc4ccccc4)c3)CC2)CC1. The molecule has 2 amide bonds. The smallest absolute Gasteiger partial charge is 0.409 e. The number of piperidine rings is 1. The molecule has 35 heavy (non-hydrogen) atoms. The summed E-state index contributed by atoms with van der Waals surface area (Å²) in [5.74, 6) is 0.0683. The topological polar surface area (TPSA) is 65.1 Å². The Morgan fingerprint density at radius 3 is 2.40 bits per heavy atom. The van der Waals surface area contributed by atoms with Crippen LogP contribution in [0.15, 0.2) is 54.6 Å². The fraction of sp³-hybridized carbons (Fsp3) is 0.500. The molecule has 1 N–H and O–H groups in total. The van der Waals surface area contributed by atoms with E-state index >= 15 is 0 Å². The number of aryl methyl sites for hydroxylation is 1. The summed E-state index contributed by atoms with van der Waals surface area (Å²) in [7, 11) is 0. The maximum atomic E-state index is 12.4. The number of rotatable bonds is 8. The minimum Gasteiger partial charge on any atom is -0.450 e. The minimum absolute atomic E-state index is 0.0683. The molecule has 2 aromatic carbocycles. The van der Waals surface area contributed by atoms with Crippen molar-refractivity contribution in [2.75, 3.05) is 56.1 Å². The van der Waals surface area contributed by atoms with Gasteiger partial charge in [0.15, 0.2) is 0 Å². The van der Waals surface area contributed by atoms with Gasteiger partial charge in [-0.15, -0.1) is 0 Å². The number of amides is 2. The van der Waals surface area contributed by atoms with E-state index in [-0.39, 0.29) is 12.0 Å². The Morgan fingerprint density at radius 1 is 0.943 bits per heavy atom. The molecule has 2 fully saturated rings. The van der Waals surface area contributed by atoms with Crippen molar-refractivity contribution in [2.45, 2.75) is 45.1 Å². The molecule has 7 nitrogen and oxygen atoms in total. The lowest BCUT2D eigenvalue weighted by molar-refractivity contribution is -0.116. The highest BCUT2D eigenvalue weighted by Crippen LogP contribution is 2.26. The number of nitrogens with zero attached hydrogens (tertiary/aromatic N) is 3. The van der Waals surface area contributed by atoms with E-state index < -0.39 is 0 Å². The van der Waals surface area contributed by atoms with Crippen molar-refractivity contribution >= 4 is 23.4 Å². The summed E-state index contributed by atoms with van der Waals surface area (Å²) in [6.45, 7) is 7.58. The van der Waals surface area contributed by atoms with E-state index in [9.17, 15) is 9.59 Å². The summed E-state index contributed by atoms with van der Waals surface area (Å²) in [5.41, 5.74) is 3.30. The zero-order valence-corrected chi connectivity index (χ0v) is 20.8. The number of ether oxygens (including phenoxy) is 1. The van der Waals surface area contributed by atoms with Gasteiger partial charge in [0.2, 0.25) is 5.91 Å². The summed E-state index contributed by atoms with van der Waals surface area (Å²) < 4.78 is 5.13. The molecular formula is C28H38N4O3. The monoisotopic (exact) mass is 478 g/mol. The van der Waals surface area contributed by atoms with E-state index in [0.29, 0.717) is 19.1 Å². The van der Waals surface area contributed by atoms with E-state index in [1.165, 1.54) is 5.56 Å². The Labute approximate surface area is 209 Å². The fourth-order valence-corrected chi connectivity index (χ4v) is 5.08. The predicted octanol–water partition coefficient (Wildman–Crippen LogP) is 4.39. The first-order chi connectivity index (χ1) is 17.1. The first-order valence-electron chi connectivity index (χ1n) is 13.0. The molecule has 2 aliphatic rings. The lowest BCUT2D eigenvalue weighted by Crippen LogP contribution is -2.54. The van der Waals surface area contributed by atoms with Crippen molar-refractivity contribution in [3.05, 3.63) is 60.2 Å². The highest BCUT2D eigenvalue weighted by Gasteiger charge is 2.29. The molecule has 4 rings (SSSR count). The summed E-state index contributed by atoms with van der Waals surface area (Å²) in [4.78, 5) is 31.1. The van der Waals surface area contributed by atoms with Crippen molar-refractivity contribution in [3.8, 4) is 0 Å². The summed E-state index contributed by atoms with van der Waals surface area (Å²) >= 11 is 0. The molecule has 0 aromatic heterocycles. The number of piperazine rings is 1. The second-order valence-corrected chi connectivity index (χ2v) is 9.38. The van der Waals surface area contributed by atoms with Crippen molar-refractivity contribution in [2.24, 2.45) is 0 Å². The Kier molecular flexibility index (Phi) is 9.01. The van der Waals surface area contributed by atoms with Gasteiger partial charge < -0.3 is 19.9 Å². The van der Waals surface area contributed by atoms with E-state index in [2.05, 4.69) is 39.4 Å². The fourth-order valence-electron chi connectivity index (χ4n) is 5.08. The van der Waals surface area contributed by atoms with Crippen LogP contribution in [0.25, 0.3) is 0 Å². The van der Waals surface area contributed by atoms with Crippen molar-refractivity contribution in [3.63, 3.8) is 0 Å². The normalized spacial score (nSPS) is 17.3. The van der Waals surface area contributed by atoms with Gasteiger partial charge >= 0.3 is 6.09 Å². The quantitative estimate of drug-likeness (QED) is 0.610. The van der Waals surface area contributed by atoms with Crippen LogP contribution in [-0.2, 0) is 16.0 Å². The number of hydrogen-bond donors (Lipinski definition) is 1. The molecule has 0 unspecified atom stereocenters. The first-order valence-corrected chi connectivity index (χ1v) is 13.0. The van der Waals surface area contributed by atoms with Crippen LogP contribution in [0.3, 0.4) is 0 Å². The van der Waals surface area contributed by atoms with Gasteiger partial charge in [-0.1, -0.05) is 36.4 Å². The lowest BCUT2D eigenvalue weighted by Gasteiger charge is -2.43. The third-order valence-corrected chi connectivity index (χ3v) is 7.03. The Morgan fingerprint density at radius 2 is 1.69 bits per heavy atom. The van der Waals surface area contributed by atoms with E-state index in [1.54, 1.807) is 0 Å². The second kappa shape index (κ2) is 12.6. The van der Waals surface area contributed by atoms with Crippen LogP contribution in [0.2, 0.25) is 0 Å².